The molecule has 0 spiro atoms. The number of hydrogen-bond acceptors (Lipinski definition) is 7. The highest BCUT2D eigenvalue weighted by Gasteiger charge is 2.55. The van der Waals surface area contributed by atoms with Crippen LogP contribution in [0.4, 0.5) is 0 Å². The number of benzene rings is 1. The van der Waals surface area contributed by atoms with Crippen molar-refractivity contribution in [3.05, 3.63) is 65.3 Å². The molecule has 0 saturated carbocycles. The first-order chi connectivity index (χ1) is 18.8. The second kappa shape index (κ2) is 10.4. The van der Waals surface area contributed by atoms with Crippen molar-refractivity contribution in [1.29, 1.82) is 0 Å². The minimum atomic E-state index is -1.24. The van der Waals surface area contributed by atoms with E-state index in [9.17, 15) is 9.90 Å². The number of aliphatic hydroxyl groups is 1. The van der Waals surface area contributed by atoms with Crippen LogP contribution in [0.25, 0.3) is 11.4 Å². The summed E-state index contributed by atoms with van der Waals surface area (Å²) in [5, 5.41) is 16.8. The number of hydrogen-bond donors (Lipinski definition) is 1. The number of likely N-dealkylation sites (tertiary alicyclic amines) is 2. The van der Waals surface area contributed by atoms with Crippen molar-refractivity contribution in [1.82, 2.24) is 24.9 Å². The molecule has 1 N–H and O–H groups in total. The predicted octanol–water partition coefficient (Wildman–Crippen LogP) is 5.19. The normalized spacial score (nSPS) is 19.9. The number of carbonyl (C=O) groups excluding carboxylic acids is 1. The molecule has 2 aliphatic heterocycles. The van der Waals surface area contributed by atoms with Crippen LogP contribution in [0.1, 0.15) is 88.8 Å². The molecule has 4 heterocycles. The Labute approximate surface area is 237 Å². The summed E-state index contributed by atoms with van der Waals surface area (Å²) in [5.74, 6) is 1.76. The summed E-state index contributed by atoms with van der Waals surface area (Å²) in [6, 6.07) is 10.3. The SMILES string of the molecule is CC(C)c1ccc([C@](O)(c2cncc(-c3noc(C4CCN(C(=O)C(C)(C)C)CC4)n3)c2)C2(C)CN(C)C2)cc1. The van der Waals surface area contributed by atoms with E-state index in [-0.39, 0.29) is 22.7 Å². The molecule has 1 aromatic carbocycles. The van der Waals surface area contributed by atoms with Gasteiger partial charge in [-0.1, -0.05) is 71.0 Å². The number of carbonyl (C=O) groups is 1. The highest BCUT2D eigenvalue weighted by molar-refractivity contribution is 5.81. The molecule has 2 fully saturated rings. The summed E-state index contributed by atoms with van der Waals surface area (Å²) >= 11 is 0. The molecule has 2 aromatic heterocycles. The van der Waals surface area contributed by atoms with Gasteiger partial charge in [-0.3, -0.25) is 9.78 Å². The Morgan fingerprint density at radius 3 is 2.30 bits per heavy atom. The van der Waals surface area contributed by atoms with Gasteiger partial charge in [0.1, 0.15) is 5.60 Å². The van der Waals surface area contributed by atoms with Crippen LogP contribution in [0.2, 0.25) is 0 Å². The number of rotatable bonds is 6. The summed E-state index contributed by atoms with van der Waals surface area (Å²) in [5.41, 5.74) is 1.52. The zero-order valence-corrected chi connectivity index (χ0v) is 24.9. The van der Waals surface area contributed by atoms with E-state index >= 15 is 0 Å². The van der Waals surface area contributed by atoms with Crippen molar-refractivity contribution < 1.29 is 14.4 Å². The number of amides is 1. The van der Waals surface area contributed by atoms with Gasteiger partial charge in [-0.2, -0.15) is 4.98 Å². The molecule has 0 unspecified atom stereocenters. The van der Waals surface area contributed by atoms with Crippen LogP contribution in [0, 0.1) is 10.8 Å². The quantitative estimate of drug-likeness (QED) is 0.455. The van der Waals surface area contributed by atoms with E-state index in [1.54, 1.807) is 12.4 Å². The first-order valence-electron chi connectivity index (χ1n) is 14.4. The van der Waals surface area contributed by atoms with E-state index in [2.05, 4.69) is 67.1 Å². The third-order valence-corrected chi connectivity index (χ3v) is 8.74. The van der Waals surface area contributed by atoms with Gasteiger partial charge in [0.2, 0.25) is 17.6 Å². The van der Waals surface area contributed by atoms with Gasteiger partial charge in [0.15, 0.2) is 0 Å². The molecular weight excluding hydrogens is 502 g/mol. The van der Waals surface area contributed by atoms with Gasteiger partial charge in [-0.15, -0.1) is 0 Å². The molecule has 0 bridgehead atoms. The predicted molar refractivity (Wildman–Crippen MR) is 155 cm³/mol. The highest BCUT2D eigenvalue weighted by atomic mass is 16.5. The first kappa shape index (κ1) is 28.4. The van der Waals surface area contributed by atoms with Crippen molar-refractivity contribution in [3.8, 4) is 11.4 Å². The molecule has 1 atom stereocenters. The zero-order valence-electron chi connectivity index (χ0n) is 24.9. The zero-order chi connectivity index (χ0) is 28.9. The van der Waals surface area contributed by atoms with E-state index in [1.165, 1.54) is 5.56 Å². The van der Waals surface area contributed by atoms with Gasteiger partial charge in [0.05, 0.1) is 0 Å². The largest absolute Gasteiger partial charge is 0.380 e. The lowest BCUT2D eigenvalue weighted by Gasteiger charge is -2.55. The van der Waals surface area contributed by atoms with Gasteiger partial charge >= 0.3 is 0 Å². The topological polar surface area (TPSA) is 95.6 Å². The van der Waals surface area contributed by atoms with E-state index < -0.39 is 5.60 Å². The van der Waals surface area contributed by atoms with Gasteiger partial charge < -0.3 is 19.4 Å². The van der Waals surface area contributed by atoms with Gasteiger partial charge in [-0.25, -0.2) is 0 Å². The molecule has 2 aliphatic rings. The van der Waals surface area contributed by atoms with E-state index in [0.717, 1.165) is 37.1 Å². The Balaban J connectivity index is 1.41. The lowest BCUT2D eigenvalue weighted by molar-refractivity contribution is -0.140. The maximum absolute atomic E-state index is 12.7. The Morgan fingerprint density at radius 1 is 1.07 bits per heavy atom. The third kappa shape index (κ3) is 5.07. The van der Waals surface area contributed by atoms with Crippen molar-refractivity contribution in [2.75, 3.05) is 33.2 Å². The third-order valence-electron chi connectivity index (χ3n) is 8.74. The molecule has 5 rings (SSSR count). The lowest BCUT2D eigenvalue weighted by Crippen LogP contribution is -2.63. The van der Waals surface area contributed by atoms with Crippen molar-refractivity contribution in [2.24, 2.45) is 10.8 Å². The fourth-order valence-corrected chi connectivity index (χ4v) is 6.43. The van der Waals surface area contributed by atoms with Crippen LogP contribution >= 0.6 is 0 Å². The minimum absolute atomic E-state index is 0.113. The van der Waals surface area contributed by atoms with E-state index in [1.807, 2.05) is 31.7 Å². The van der Waals surface area contributed by atoms with E-state index in [0.29, 0.717) is 36.3 Å². The Bertz CT molecular complexity index is 1350. The van der Waals surface area contributed by atoms with Crippen molar-refractivity contribution in [2.45, 2.75) is 71.8 Å². The van der Waals surface area contributed by atoms with Gasteiger partial charge in [0, 0.05) is 66.4 Å². The van der Waals surface area contributed by atoms with Crippen LogP contribution in [0.3, 0.4) is 0 Å². The Morgan fingerprint density at radius 2 is 1.73 bits per heavy atom. The summed E-state index contributed by atoms with van der Waals surface area (Å²) in [4.78, 5) is 26.1. The van der Waals surface area contributed by atoms with Crippen LogP contribution in [-0.4, -0.2) is 69.2 Å². The van der Waals surface area contributed by atoms with Gasteiger partial charge in [0.25, 0.3) is 0 Å². The Hall–Kier alpha value is -3.10. The van der Waals surface area contributed by atoms with Crippen molar-refractivity contribution in [3.63, 3.8) is 0 Å². The first-order valence-corrected chi connectivity index (χ1v) is 14.4. The van der Waals surface area contributed by atoms with Crippen LogP contribution < -0.4 is 0 Å². The number of pyridine rings is 1. The molecule has 0 aliphatic carbocycles. The minimum Gasteiger partial charge on any atom is -0.380 e. The highest BCUT2D eigenvalue weighted by Crippen LogP contribution is 2.50. The lowest BCUT2D eigenvalue weighted by atomic mass is 9.62. The molecule has 3 aromatic rings. The Kier molecular flexibility index (Phi) is 7.38. The average molecular weight is 546 g/mol. The van der Waals surface area contributed by atoms with E-state index in [4.69, 9.17) is 9.51 Å². The second-order valence-electron chi connectivity index (χ2n) is 13.5. The fraction of sp³-hybridized carbons (Fsp3) is 0.562. The smallest absolute Gasteiger partial charge is 0.230 e. The van der Waals surface area contributed by atoms with Gasteiger partial charge in [-0.05, 0) is 43.0 Å². The maximum Gasteiger partial charge on any atom is 0.230 e. The molecule has 8 heteroatoms. The molecule has 0 radical (unpaired) electrons. The summed E-state index contributed by atoms with van der Waals surface area (Å²) in [6.07, 6.45) is 5.06. The van der Waals surface area contributed by atoms with Crippen LogP contribution in [0.15, 0.2) is 47.2 Å². The molecule has 40 heavy (non-hydrogen) atoms. The van der Waals surface area contributed by atoms with Crippen LogP contribution in [-0.2, 0) is 10.4 Å². The molecule has 214 valence electrons. The number of nitrogens with zero attached hydrogens (tertiary/aromatic N) is 5. The average Bonchev–Trinajstić information content (AvgIpc) is 3.41. The molecular formula is C32H43N5O3. The number of piperidine rings is 1. The monoisotopic (exact) mass is 545 g/mol. The molecule has 8 nitrogen and oxygen atoms in total. The fourth-order valence-electron chi connectivity index (χ4n) is 6.43. The van der Waals surface area contributed by atoms with Crippen molar-refractivity contribution >= 4 is 5.91 Å². The van der Waals surface area contributed by atoms with Crippen LogP contribution in [0.5, 0.6) is 0 Å². The summed E-state index contributed by atoms with van der Waals surface area (Å²) in [7, 11) is 2.07. The molecule has 2 saturated heterocycles. The standard InChI is InChI=1S/C32H43N5O3/c1-21(2)22-8-10-25(11-9-22)32(39,31(6)19-36(7)20-31)26-16-24(17-33-18-26)27-34-28(40-35-27)23-12-14-37(15-13-23)29(38)30(3,4)5/h8-11,16-18,21,23,39H,12-15,19-20H2,1-7H3/t32-/m0/s1. The second-order valence-corrected chi connectivity index (χ2v) is 13.5. The summed E-state index contributed by atoms with van der Waals surface area (Å²) in [6.45, 7) is 15.3. The maximum atomic E-state index is 12.7. The molecule has 1 amide bonds. The summed E-state index contributed by atoms with van der Waals surface area (Å²) < 4.78 is 5.72. The number of aromatic nitrogens is 3.